The number of likely N-dealkylation sites (tertiary alicyclic amines) is 1. The van der Waals surface area contributed by atoms with Crippen LogP contribution in [0.15, 0.2) is 34.3 Å². The molecule has 1 aromatic carbocycles. The minimum Gasteiger partial charge on any atom is -0.467 e. The van der Waals surface area contributed by atoms with Crippen LogP contribution in [0, 0.1) is 23.2 Å². The highest BCUT2D eigenvalue weighted by Gasteiger charge is 2.45. The minimum atomic E-state index is -1.45. The molecule has 0 spiro atoms. The molecule has 0 bridgehead atoms. The number of carbonyl (C=O) groups is 3. The Hall–Kier alpha value is -2.46. The number of Topliss-reactive ketones (excluding diaryl/α,β-unsaturated/α-hetero) is 1. The van der Waals surface area contributed by atoms with Crippen molar-refractivity contribution < 1.29 is 19.1 Å². The third-order valence-corrected chi connectivity index (χ3v) is 5.28. The summed E-state index contributed by atoms with van der Waals surface area (Å²) in [6.45, 7) is 3.71. The zero-order valence-corrected chi connectivity index (χ0v) is 17.0. The molecule has 27 heavy (non-hydrogen) atoms. The second-order valence-electron chi connectivity index (χ2n) is 6.47. The lowest BCUT2D eigenvalue weighted by molar-refractivity contribution is -0.158. The summed E-state index contributed by atoms with van der Waals surface area (Å²) in [5, 5.41) is 9.38. The number of hydrogen-bond donors (Lipinski definition) is 0. The molecule has 7 heteroatoms. The van der Waals surface area contributed by atoms with Gasteiger partial charge < -0.3 is 9.64 Å². The van der Waals surface area contributed by atoms with Crippen molar-refractivity contribution in [3.8, 4) is 6.07 Å². The minimum absolute atomic E-state index is 0.0317. The predicted octanol–water partition coefficient (Wildman–Crippen LogP) is 2.97. The van der Waals surface area contributed by atoms with Crippen LogP contribution in [0.2, 0.25) is 0 Å². The summed E-state index contributed by atoms with van der Waals surface area (Å²) >= 11 is 3.35. The van der Waals surface area contributed by atoms with E-state index in [1.54, 1.807) is 12.1 Å². The fourth-order valence-corrected chi connectivity index (χ4v) is 3.30. The van der Waals surface area contributed by atoms with E-state index in [1.165, 1.54) is 12.0 Å². The second kappa shape index (κ2) is 8.96. The first-order valence-electron chi connectivity index (χ1n) is 8.62. The molecule has 1 aliphatic heterocycles. The number of amides is 1. The number of hydrogen-bond acceptors (Lipinski definition) is 5. The fourth-order valence-electron chi connectivity index (χ4n) is 3.04. The van der Waals surface area contributed by atoms with Crippen molar-refractivity contribution in [1.82, 2.24) is 4.90 Å². The zero-order chi connectivity index (χ0) is 20.1. The molecule has 0 aromatic heterocycles. The number of nitrogens with zero attached hydrogens (tertiary/aromatic N) is 2. The van der Waals surface area contributed by atoms with Crippen LogP contribution in [-0.4, -0.2) is 42.3 Å². The van der Waals surface area contributed by atoms with E-state index in [9.17, 15) is 19.6 Å². The van der Waals surface area contributed by atoms with Crippen LogP contribution in [0.4, 0.5) is 0 Å². The van der Waals surface area contributed by atoms with Gasteiger partial charge in [0.15, 0.2) is 11.7 Å². The van der Waals surface area contributed by atoms with E-state index in [2.05, 4.69) is 15.9 Å². The van der Waals surface area contributed by atoms with E-state index >= 15 is 0 Å². The van der Waals surface area contributed by atoms with Gasteiger partial charge in [0, 0.05) is 10.0 Å². The average molecular weight is 433 g/mol. The molecule has 1 aliphatic rings. The number of rotatable bonds is 5. The Kier molecular flexibility index (Phi) is 6.92. The number of halogens is 1. The third-order valence-electron chi connectivity index (χ3n) is 4.75. The zero-order valence-electron chi connectivity index (χ0n) is 15.4. The molecule has 0 saturated carbocycles. The van der Waals surface area contributed by atoms with Gasteiger partial charge in [-0.25, -0.2) is 4.79 Å². The lowest BCUT2D eigenvalue weighted by Gasteiger charge is -2.37. The Morgan fingerprint density at radius 3 is 2.56 bits per heavy atom. The van der Waals surface area contributed by atoms with Crippen LogP contribution >= 0.6 is 15.9 Å². The Labute approximate surface area is 166 Å². The quantitative estimate of drug-likeness (QED) is 0.405. The van der Waals surface area contributed by atoms with Crippen LogP contribution in [-0.2, 0) is 19.1 Å². The molecule has 0 radical (unpaired) electrons. The Morgan fingerprint density at radius 1 is 1.41 bits per heavy atom. The second-order valence-corrected chi connectivity index (χ2v) is 7.38. The van der Waals surface area contributed by atoms with Crippen molar-refractivity contribution in [3.63, 3.8) is 0 Å². The van der Waals surface area contributed by atoms with Gasteiger partial charge in [-0.3, -0.25) is 9.59 Å². The number of esters is 1. The molecule has 0 N–H and O–H groups in total. The number of ketones is 1. The summed E-state index contributed by atoms with van der Waals surface area (Å²) in [7, 11) is 1.26. The van der Waals surface area contributed by atoms with Crippen LogP contribution in [0.25, 0.3) is 6.08 Å². The highest BCUT2D eigenvalue weighted by molar-refractivity contribution is 9.10. The van der Waals surface area contributed by atoms with Crippen LogP contribution < -0.4 is 0 Å². The number of benzene rings is 1. The Balaban J connectivity index is 2.47. The summed E-state index contributed by atoms with van der Waals surface area (Å²) in [5.74, 6) is -3.34. The summed E-state index contributed by atoms with van der Waals surface area (Å²) in [6, 6.07) is 8.25. The van der Waals surface area contributed by atoms with Crippen LogP contribution in [0.1, 0.15) is 25.8 Å². The summed E-state index contributed by atoms with van der Waals surface area (Å²) in [6.07, 6.45) is 2.30. The smallest absolute Gasteiger partial charge is 0.328 e. The highest BCUT2D eigenvalue weighted by Crippen LogP contribution is 2.27. The van der Waals surface area contributed by atoms with Gasteiger partial charge >= 0.3 is 5.97 Å². The van der Waals surface area contributed by atoms with E-state index in [4.69, 9.17) is 4.74 Å². The highest BCUT2D eigenvalue weighted by atomic mass is 79.9. The number of ether oxygens (including phenoxy) is 1. The van der Waals surface area contributed by atoms with Crippen LogP contribution in [0.3, 0.4) is 0 Å². The van der Waals surface area contributed by atoms with Gasteiger partial charge in [-0.2, -0.15) is 5.26 Å². The molecule has 1 amide bonds. The number of methoxy groups -OCH3 is 1. The molecule has 1 fully saturated rings. The predicted molar refractivity (Wildman–Crippen MR) is 103 cm³/mol. The van der Waals surface area contributed by atoms with E-state index in [0.29, 0.717) is 12.0 Å². The monoisotopic (exact) mass is 432 g/mol. The SMILES string of the molecule is CCC(C)[C@@H](C(=O)OC)N1C/C(=C\c2ccc(Br)cc2)C(=O)C(C#N)C1=O. The molecule has 1 aromatic rings. The third kappa shape index (κ3) is 4.45. The molecule has 1 saturated heterocycles. The maximum Gasteiger partial charge on any atom is 0.328 e. The first-order valence-corrected chi connectivity index (χ1v) is 9.41. The maximum atomic E-state index is 12.7. The first kappa shape index (κ1) is 20.8. The molecule has 0 aliphatic carbocycles. The molecule has 3 atom stereocenters. The standard InChI is InChI=1S/C20H21BrN2O4/c1-4-12(2)17(20(26)27-3)23-11-14(18(24)16(10-22)19(23)25)9-13-5-7-15(21)8-6-13/h5-9,12,16-17H,4,11H2,1-3H3/b14-9+/t12?,16?,17-/m0/s1. The number of carbonyl (C=O) groups excluding carboxylic acids is 3. The van der Waals surface area contributed by atoms with Crippen molar-refractivity contribution in [2.75, 3.05) is 13.7 Å². The van der Waals surface area contributed by atoms with Crippen molar-refractivity contribution in [1.29, 1.82) is 5.26 Å². The van der Waals surface area contributed by atoms with Crippen molar-refractivity contribution in [2.45, 2.75) is 26.3 Å². The van der Waals surface area contributed by atoms with Gasteiger partial charge in [0.1, 0.15) is 6.04 Å². The largest absolute Gasteiger partial charge is 0.467 e. The Morgan fingerprint density at radius 2 is 2.04 bits per heavy atom. The van der Waals surface area contributed by atoms with E-state index in [1.807, 2.05) is 38.1 Å². The van der Waals surface area contributed by atoms with Gasteiger partial charge in [-0.1, -0.05) is 48.3 Å². The molecule has 2 unspecified atom stereocenters. The maximum absolute atomic E-state index is 12.7. The first-order chi connectivity index (χ1) is 12.8. The van der Waals surface area contributed by atoms with Gasteiger partial charge in [0.25, 0.3) is 0 Å². The lowest BCUT2D eigenvalue weighted by atomic mass is 9.87. The summed E-state index contributed by atoms with van der Waals surface area (Å²) < 4.78 is 5.77. The van der Waals surface area contributed by atoms with Crippen molar-refractivity contribution in [2.24, 2.45) is 11.8 Å². The molecule has 142 valence electrons. The molecule has 1 heterocycles. The molecule has 6 nitrogen and oxygen atoms in total. The molecule has 2 rings (SSSR count). The van der Waals surface area contributed by atoms with E-state index in [-0.39, 0.29) is 12.5 Å². The fraction of sp³-hybridized carbons (Fsp3) is 0.400. The van der Waals surface area contributed by atoms with E-state index in [0.717, 1.165) is 10.0 Å². The lowest BCUT2D eigenvalue weighted by Crippen LogP contribution is -2.56. The average Bonchev–Trinajstić information content (AvgIpc) is 2.67. The van der Waals surface area contributed by atoms with Gasteiger partial charge in [0.05, 0.1) is 19.7 Å². The van der Waals surface area contributed by atoms with Crippen molar-refractivity contribution in [3.05, 3.63) is 39.9 Å². The summed E-state index contributed by atoms with van der Waals surface area (Å²) in [4.78, 5) is 39.0. The van der Waals surface area contributed by atoms with Crippen LogP contribution in [0.5, 0.6) is 0 Å². The Bertz CT molecular complexity index is 810. The summed E-state index contributed by atoms with van der Waals surface area (Å²) in [5.41, 5.74) is 1.09. The number of nitriles is 1. The van der Waals surface area contributed by atoms with Crippen molar-refractivity contribution >= 4 is 39.7 Å². The molecular formula is C20H21BrN2O4. The van der Waals surface area contributed by atoms with Gasteiger partial charge in [-0.15, -0.1) is 0 Å². The van der Waals surface area contributed by atoms with Gasteiger partial charge in [-0.05, 0) is 29.7 Å². The molecular weight excluding hydrogens is 412 g/mol. The normalized spacial score (nSPS) is 20.9. The van der Waals surface area contributed by atoms with E-state index < -0.39 is 29.6 Å². The number of piperidine rings is 1. The topological polar surface area (TPSA) is 87.5 Å². The van der Waals surface area contributed by atoms with Gasteiger partial charge in [0.2, 0.25) is 5.91 Å².